The van der Waals surface area contributed by atoms with Gasteiger partial charge in [0.2, 0.25) is 5.91 Å². The molecule has 0 radical (unpaired) electrons. The van der Waals surface area contributed by atoms with Gasteiger partial charge in [-0.1, -0.05) is 6.07 Å². The van der Waals surface area contributed by atoms with E-state index in [-0.39, 0.29) is 11.8 Å². The Bertz CT molecular complexity index is 730. The number of nitrogens with one attached hydrogen (secondary N) is 1. The molecule has 0 bridgehead atoms. The summed E-state index contributed by atoms with van der Waals surface area (Å²) in [5, 5.41) is 6.92. The maximum absolute atomic E-state index is 12.5. The monoisotopic (exact) mass is 342 g/mol. The second-order valence-corrected chi connectivity index (χ2v) is 6.06. The summed E-state index contributed by atoms with van der Waals surface area (Å²) >= 11 is 0. The molecule has 25 heavy (non-hydrogen) atoms. The molecule has 3 rings (SSSR count). The van der Waals surface area contributed by atoms with Crippen LogP contribution in [0.15, 0.2) is 36.7 Å². The van der Waals surface area contributed by atoms with Crippen molar-refractivity contribution in [1.29, 1.82) is 0 Å². The van der Waals surface area contributed by atoms with Gasteiger partial charge in [0.15, 0.2) is 5.82 Å². The quantitative estimate of drug-likeness (QED) is 0.880. The molecule has 0 saturated carbocycles. The lowest BCUT2D eigenvalue weighted by molar-refractivity contribution is -0.117. The number of aromatic nitrogens is 3. The van der Waals surface area contributed by atoms with Crippen molar-refractivity contribution in [3.63, 3.8) is 0 Å². The minimum atomic E-state index is -0.0943. The lowest BCUT2D eigenvalue weighted by atomic mass is 10.3. The zero-order chi connectivity index (χ0) is 17.6. The summed E-state index contributed by atoms with van der Waals surface area (Å²) < 4.78 is 1.64. The van der Waals surface area contributed by atoms with Crippen LogP contribution in [0.25, 0.3) is 0 Å². The minimum Gasteiger partial charge on any atom is -0.336 e. The number of amides is 2. The maximum atomic E-state index is 12.5. The predicted molar refractivity (Wildman–Crippen MR) is 93.0 cm³/mol. The summed E-state index contributed by atoms with van der Waals surface area (Å²) in [5.74, 6) is 0.401. The number of hydrogen-bond acceptors (Lipinski definition) is 5. The van der Waals surface area contributed by atoms with Crippen molar-refractivity contribution < 1.29 is 9.59 Å². The van der Waals surface area contributed by atoms with Crippen LogP contribution in [0.5, 0.6) is 0 Å². The fourth-order valence-electron chi connectivity index (χ4n) is 2.85. The molecule has 0 unspecified atom stereocenters. The normalized spacial score (nSPS) is 15.6. The van der Waals surface area contributed by atoms with Gasteiger partial charge in [-0.25, -0.2) is 0 Å². The number of hydrogen-bond donors (Lipinski definition) is 1. The van der Waals surface area contributed by atoms with Crippen LogP contribution in [0, 0.1) is 0 Å². The van der Waals surface area contributed by atoms with E-state index in [1.165, 1.54) is 0 Å². The Morgan fingerprint density at radius 2 is 2.04 bits per heavy atom. The van der Waals surface area contributed by atoms with Gasteiger partial charge in [0.1, 0.15) is 5.69 Å². The van der Waals surface area contributed by atoms with Gasteiger partial charge in [-0.2, -0.15) is 5.10 Å². The minimum absolute atomic E-state index is 0.0552. The van der Waals surface area contributed by atoms with E-state index in [1.54, 1.807) is 47.2 Å². The van der Waals surface area contributed by atoms with Crippen molar-refractivity contribution in [3.05, 3.63) is 42.4 Å². The molecule has 8 nitrogen and oxygen atoms in total. The highest BCUT2D eigenvalue weighted by molar-refractivity contribution is 5.92. The van der Waals surface area contributed by atoms with E-state index in [4.69, 9.17) is 0 Å². The molecule has 0 aromatic carbocycles. The number of anilines is 1. The van der Waals surface area contributed by atoms with Crippen molar-refractivity contribution >= 4 is 17.6 Å². The van der Waals surface area contributed by atoms with Gasteiger partial charge in [-0.3, -0.25) is 24.2 Å². The molecular weight excluding hydrogens is 320 g/mol. The highest BCUT2D eigenvalue weighted by Gasteiger charge is 2.22. The molecule has 1 N–H and O–H groups in total. The summed E-state index contributed by atoms with van der Waals surface area (Å²) in [6.45, 7) is 3.00. The van der Waals surface area contributed by atoms with Gasteiger partial charge in [-0.15, -0.1) is 0 Å². The SMILES string of the molecule is Cn1ccc(NC(=O)CN2CCCN(C(=O)c3ccccn3)CC2)n1. The van der Waals surface area contributed by atoms with Crippen LogP contribution in [0.3, 0.4) is 0 Å². The van der Waals surface area contributed by atoms with Crippen molar-refractivity contribution in [2.75, 3.05) is 38.0 Å². The van der Waals surface area contributed by atoms with E-state index >= 15 is 0 Å². The number of rotatable bonds is 4. The highest BCUT2D eigenvalue weighted by atomic mass is 16.2. The topological polar surface area (TPSA) is 83.4 Å². The first-order valence-corrected chi connectivity index (χ1v) is 8.34. The summed E-state index contributed by atoms with van der Waals surface area (Å²) in [5.41, 5.74) is 0.462. The molecule has 0 atom stereocenters. The number of carbonyl (C=O) groups is 2. The Hall–Kier alpha value is -2.74. The molecule has 0 aliphatic carbocycles. The van der Waals surface area contributed by atoms with Crippen molar-refractivity contribution in [2.24, 2.45) is 7.05 Å². The van der Waals surface area contributed by atoms with E-state index in [2.05, 4.69) is 20.3 Å². The summed E-state index contributed by atoms with van der Waals surface area (Å²) in [4.78, 5) is 32.6. The van der Waals surface area contributed by atoms with Crippen molar-refractivity contribution in [3.8, 4) is 0 Å². The fourth-order valence-corrected chi connectivity index (χ4v) is 2.85. The molecule has 2 aromatic heterocycles. The Labute approximate surface area is 146 Å². The van der Waals surface area contributed by atoms with Crippen LogP contribution >= 0.6 is 0 Å². The van der Waals surface area contributed by atoms with Gasteiger partial charge in [0.25, 0.3) is 5.91 Å². The second-order valence-electron chi connectivity index (χ2n) is 6.06. The van der Waals surface area contributed by atoms with Gasteiger partial charge >= 0.3 is 0 Å². The summed E-state index contributed by atoms with van der Waals surface area (Å²) in [6, 6.07) is 7.09. The van der Waals surface area contributed by atoms with E-state index in [9.17, 15) is 9.59 Å². The molecule has 8 heteroatoms. The largest absolute Gasteiger partial charge is 0.336 e. The molecule has 1 aliphatic rings. The zero-order valence-corrected chi connectivity index (χ0v) is 14.3. The first-order valence-electron chi connectivity index (χ1n) is 8.34. The number of pyridine rings is 1. The third-order valence-corrected chi connectivity index (χ3v) is 4.11. The smallest absolute Gasteiger partial charge is 0.272 e. The third kappa shape index (κ3) is 4.63. The van der Waals surface area contributed by atoms with E-state index in [0.717, 1.165) is 13.0 Å². The van der Waals surface area contributed by atoms with Crippen LogP contribution < -0.4 is 5.32 Å². The molecular formula is C17H22N6O2. The van der Waals surface area contributed by atoms with E-state index in [1.807, 2.05) is 6.07 Å². The van der Waals surface area contributed by atoms with Gasteiger partial charge < -0.3 is 10.2 Å². The molecule has 2 aromatic rings. The Balaban J connectivity index is 1.51. The molecule has 2 amide bonds. The number of carbonyl (C=O) groups excluding carboxylic acids is 2. The number of aryl methyl sites for hydroxylation is 1. The second kappa shape index (κ2) is 7.89. The van der Waals surface area contributed by atoms with Crippen LogP contribution in [0.4, 0.5) is 5.82 Å². The molecule has 132 valence electrons. The zero-order valence-electron chi connectivity index (χ0n) is 14.3. The lowest BCUT2D eigenvalue weighted by Crippen LogP contribution is -2.38. The van der Waals surface area contributed by atoms with Crippen LogP contribution in [0.2, 0.25) is 0 Å². The van der Waals surface area contributed by atoms with Gasteiger partial charge in [0.05, 0.1) is 6.54 Å². The highest BCUT2D eigenvalue weighted by Crippen LogP contribution is 2.08. The molecule has 1 fully saturated rings. The van der Waals surface area contributed by atoms with Crippen LogP contribution in [0.1, 0.15) is 16.9 Å². The fraction of sp³-hybridized carbons (Fsp3) is 0.412. The molecule has 1 aliphatic heterocycles. The van der Waals surface area contributed by atoms with E-state index < -0.39 is 0 Å². The first-order chi connectivity index (χ1) is 12.1. The van der Waals surface area contributed by atoms with Gasteiger partial charge in [0, 0.05) is 51.7 Å². The average Bonchev–Trinajstić information content (AvgIpc) is 2.88. The standard InChI is InChI=1S/C17H22N6O2/c1-21-10-6-15(20-21)19-16(24)13-22-8-4-9-23(12-11-22)17(25)14-5-2-3-7-18-14/h2-3,5-7,10H,4,8-9,11-13H2,1H3,(H,19,20,24). The molecule has 1 saturated heterocycles. The van der Waals surface area contributed by atoms with Crippen molar-refractivity contribution in [1.82, 2.24) is 24.6 Å². The summed E-state index contributed by atoms with van der Waals surface area (Å²) in [7, 11) is 1.80. The Kier molecular flexibility index (Phi) is 5.39. The summed E-state index contributed by atoms with van der Waals surface area (Å²) in [6.07, 6.45) is 4.23. The van der Waals surface area contributed by atoms with Gasteiger partial charge in [-0.05, 0) is 18.6 Å². The molecule has 0 spiro atoms. The molecule has 3 heterocycles. The first kappa shape index (κ1) is 17.1. The van der Waals surface area contributed by atoms with Crippen molar-refractivity contribution in [2.45, 2.75) is 6.42 Å². The van der Waals surface area contributed by atoms with E-state index in [0.29, 0.717) is 37.7 Å². The lowest BCUT2D eigenvalue weighted by Gasteiger charge is -2.21. The third-order valence-electron chi connectivity index (χ3n) is 4.11. The van der Waals surface area contributed by atoms with Crippen LogP contribution in [-0.4, -0.2) is 69.1 Å². The maximum Gasteiger partial charge on any atom is 0.272 e. The Morgan fingerprint density at radius 3 is 2.76 bits per heavy atom. The van der Waals surface area contributed by atoms with Crippen LogP contribution in [-0.2, 0) is 11.8 Å². The predicted octanol–water partition coefficient (Wildman–Crippen LogP) is 0.602. The Morgan fingerprint density at radius 1 is 1.16 bits per heavy atom. The average molecular weight is 342 g/mol. The number of nitrogens with zero attached hydrogens (tertiary/aromatic N) is 5.